The topological polar surface area (TPSA) is 137 Å². The minimum atomic E-state index is -5.50. The Morgan fingerprint density at radius 2 is 1.85 bits per heavy atom. The molecule has 4 aromatic rings. The van der Waals surface area contributed by atoms with Crippen LogP contribution in [0, 0.1) is 18.6 Å². The molecule has 2 aromatic heterocycles. The van der Waals surface area contributed by atoms with Gasteiger partial charge in [0.1, 0.15) is 45.6 Å². The van der Waals surface area contributed by atoms with Crippen molar-refractivity contribution in [1.82, 2.24) is 15.3 Å². The van der Waals surface area contributed by atoms with Crippen LogP contribution in [0.5, 0.6) is 11.5 Å². The summed E-state index contributed by atoms with van der Waals surface area (Å²) >= 11 is 11.9. The number of carbonyl (C=O) groups is 2. The molecule has 9 nitrogen and oxygen atoms in total. The Hall–Kier alpha value is -4.27. The zero-order valence-corrected chi connectivity index (χ0v) is 25.6. The Morgan fingerprint density at radius 3 is 2.48 bits per heavy atom. The van der Waals surface area contributed by atoms with Crippen molar-refractivity contribution in [1.29, 1.82) is 0 Å². The van der Waals surface area contributed by atoms with Gasteiger partial charge in [-0.2, -0.15) is 13.2 Å². The van der Waals surface area contributed by atoms with E-state index < -0.39 is 75.8 Å². The van der Waals surface area contributed by atoms with E-state index in [0.717, 1.165) is 18.2 Å². The molecule has 0 bridgehead atoms. The van der Waals surface area contributed by atoms with Gasteiger partial charge in [0.2, 0.25) is 11.5 Å². The lowest BCUT2D eigenvalue weighted by molar-refractivity contribution is -0.265. The fourth-order valence-electron chi connectivity index (χ4n) is 4.94. The number of halogens is 7. The van der Waals surface area contributed by atoms with E-state index in [0.29, 0.717) is 16.6 Å². The monoisotopic (exact) mass is 684 g/mol. The van der Waals surface area contributed by atoms with Crippen LogP contribution in [0.25, 0.3) is 22.2 Å². The summed E-state index contributed by atoms with van der Waals surface area (Å²) in [5, 5.41) is 12.9. The Kier molecular flexibility index (Phi) is 8.28. The zero-order chi connectivity index (χ0) is 33.9. The lowest BCUT2D eigenvalue weighted by atomic mass is 9.81. The average Bonchev–Trinajstić information content (AvgIpc) is 3.35. The predicted octanol–water partition coefficient (Wildman–Crippen LogP) is 5.51. The summed E-state index contributed by atoms with van der Waals surface area (Å²) in [6, 6.07) is 6.42. The molecule has 5 rings (SSSR count). The molecule has 0 radical (unpaired) electrons. The van der Waals surface area contributed by atoms with E-state index in [2.05, 4.69) is 15.3 Å². The molecular weight excluding hydrogens is 662 g/mol. The maximum Gasteiger partial charge on any atom is 0.424 e. The van der Waals surface area contributed by atoms with Crippen molar-refractivity contribution in [3.8, 4) is 22.8 Å². The van der Waals surface area contributed by atoms with Crippen LogP contribution in [0.4, 0.5) is 22.0 Å². The van der Waals surface area contributed by atoms with Crippen LogP contribution in [0.15, 0.2) is 36.4 Å². The van der Waals surface area contributed by atoms with Gasteiger partial charge in [-0.1, -0.05) is 23.2 Å². The highest BCUT2D eigenvalue weighted by molar-refractivity contribution is 6.32. The molecule has 0 saturated heterocycles. The number of aliphatic hydroxyl groups is 1. The summed E-state index contributed by atoms with van der Waals surface area (Å²) in [6.45, 7) is 0.965. The second-order valence-corrected chi connectivity index (χ2v) is 11.6. The number of benzene rings is 2. The number of aromatic nitrogens is 2. The summed E-state index contributed by atoms with van der Waals surface area (Å²) in [7, 11) is 1.31. The number of pyridine rings is 2. The van der Waals surface area contributed by atoms with Crippen LogP contribution in [0.2, 0.25) is 10.0 Å². The number of hydrogen-bond acceptors (Lipinski definition) is 7. The number of methoxy groups -OCH3 is 1. The zero-order valence-electron chi connectivity index (χ0n) is 24.1. The van der Waals surface area contributed by atoms with Gasteiger partial charge < -0.3 is 25.6 Å². The van der Waals surface area contributed by atoms with Gasteiger partial charge in [-0.25, -0.2) is 18.7 Å². The first-order valence-corrected chi connectivity index (χ1v) is 14.0. The minimum absolute atomic E-state index is 0.129. The van der Waals surface area contributed by atoms with Crippen LogP contribution in [-0.4, -0.2) is 53.3 Å². The maximum absolute atomic E-state index is 15.2. The second-order valence-electron chi connectivity index (χ2n) is 10.8. The van der Waals surface area contributed by atoms with Gasteiger partial charge in [0.25, 0.3) is 5.91 Å². The summed E-state index contributed by atoms with van der Waals surface area (Å²) in [5.74, 6) is -4.81. The molecule has 242 valence electrons. The summed E-state index contributed by atoms with van der Waals surface area (Å²) in [6.07, 6.45) is -5.50. The van der Waals surface area contributed by atoms with Gasteiger partial charge in [0.15, 0.2) is 5.82 Å². The molecular formula is C30H23Cl2F5N4O5. The van der Waals surface area contributed by atoms with Crippen LogP contribution in [-0.2, 0) is 15.8 Å². The lowest BCUT2D eigenvalue weighted by Gasteiger charge is -2.31. The standard InChI is InChI=1S/C30H23Cl2F5N4O5/c1-12-17(31)7-13-6-14(8-19(45-3)23(13)40-12)26(42)39-10-29(44,30(35,36)37)20-9-16-25(46-11-28(16,2)27(38)43)24(41-20)15-4-5-18(33)21(32)22(15)34/h4-9,44H,10-11H2,1-3H3,(H2,38,43)(H,39,42)/t28-,29?/m0/s1. The third-order valence-electron chi connectivity index (χ3n) is 7.80. The molecule has 0 aliphatic carbocycles. The first-order chi connectivity index (χ1) is 21.4. The second kappa shape index (κ2) is 11.5. The highest BCUT2D eigenvalue weighted by atomic mass is 35.5. The average molecular weight is 685 g/mol. The number of amides is 2. The molecule has 1 aliphatic rings. The molecule has 1 aliphatic heterocycles. The van der Waals surface area contributed by atoms with Crippen LogP contribution >= 0.6 is 23.2 Å². The summed E-state index contributed by atoms with van der Waals surface area (Å²) in [4.78, 5) is 33.8. The quantitative estimate of drug-likeness (QED) is 0.172. The number of aryl methyl sites for hydroxylation is 1. The Bertz CT molecular complexity index is 1940. The third kappa shape index (κ3) is 5.33. The van der Waals surface area contributed by atoms with E-state index in [-0.39, 0.29) is 27.6 Å². The SMILES string of the molecule is COc1cc(C(=O)NCC(O)(c2cc3c(c(-c4ccc(F)c(Cl)c4F)n2)OC[C@]3(C)C(N)=O)C(F)(F)F)cc2cc(Cl)c(C)nc12. The number of hydrogen-bond donors (Lipinski definition) is 3. The number of nitrogens with two attached hydrogens (primary N) is 1. The van der Waals surface area contributed by atoms with Crippen molar-refractivity contribution in [2.45, 2.75) is 31.0 Å². The van der Waals surface area contributed by atoms with Gasteiger partial charge in [-0.05, 0) is 50.2 Å². The molecule has 0 fully saturated rings. The predicted molar refractivity (Wildman–Crippen MR) is 157 cm³/mol. The molecule has 1 unspecified atom stereocenters. The molecule has 3 heterocycles. The van der Waals surface area contributed by atoms with Crippen molar-refractivity contribution in [3.05, 3.63) is 80.6 Å². The molecule has 16 heteroatoms. The van der Waals surface area contributed by atoms with Gasteiger partial charge >= 0.3 is 6.18 Å². The fraction of sp³-hybridized carbons (Fsp3) is 0.267. The van der Waals surface area contributed by atoms with Crippen LogP contribution in [0.3, 0.4) is 0 Å². The highest BCUT2D eigenvalue weighted by Gasteiger charge is 2.58. The van der Waals surface area contributed by atoms with E-state index in [4.69, 9.17) is 38.4 Å². The summed E-state index contributed by atoms with van der Waals surface area (Å²) < 4.78 is 84.2. The number of ether oxygens (including phenoxy) is 2. The number of rotatable bonds is 7. The number of fused-ring (bicyclic) bond motifs is 2. The largest absolute Gasteiger partial charge is 0.494 e. The number of alkyl halides is 3. The number of primary amides is 1. The van der Waals surface area contributed by atoms with Gasteiger partial charge in [-0.15, -0.1) is 0 Å². The number of nitrogens with zero attached hydrogens (tertiary/aromatic N) is 2. The van der Waals surface area contributed by atoms with E-state index in [9.17, 15) is 32.3 Å². The van der Waals surface area contributed by atoms with E-state index >= 15 is 4.39 Å². The fourth-order valence-corrected chi connectivity index (χ4v) is 5.27. The first kappa shape index (κ1) is 33.1. The molecule has 46 heavy (non-hydrogen) atoms. The molecule has 0 saturated carbocycles. The van der Waals surface area contributed by atoms with E-state index in [1.54, 1.807) is 6.92 Å². The molecule has 2 aromatic carbocycles. The Labute approximate surface area is 267 Å². The van der Waals surface area contributed by atoms with Crippen molar-refractivity contribution in [2.24, 2.45) is 5.73 Å². The number of nitrogens with one attached hydrogen (secondary N) is 1. The van der Waals surface area contributed by atoms with Gasteiger partial charge in [0, 0.05) is 22.1 Å². The highest BCUT2D eigenvalue weighted by Crippen LogP contribution is 2.48. The van der Waals surface area contributed by atoms with E-state index in [1.807, 2.05) is 0 Å². The summed E-state index contributed by atoms with van der Waals surface area (Å²) in [5.41, 5.74) is -2.06. The normalized spacial score (nSPS) is 17.3. The van der Waals surface area contributed by atoms with Gasteiger partial charge in [-0.3, -0.25) is 9.59 Å². The van der Waals surface area contributed by atoms with Crippen LogP contribution < -0.4 is 20.5 Å². The van der Waals surface area contributed by atoms with Crippen molar-refractivity contribution in [3.63, 3.8) is 0 Å². The lowest BCUT2D eigenvalue weighted by Crippen LogP contribution is -2.51. The molecule has 4 N–H and O–H groups in total. The van der Waals surface area contributed by atoms with Crippen molar-refractivity contribution < 1.29 is 46.1 Å². The molecule has 0 spiro atoms. The van der Waals surface area contributed by atoms with Crippen molar-refractivity contribution in [2.75, 3.05) is 20.3 Å². The minimum Gasteiger partial charge on any atom is -0.494 e. The Balaban J connectivity index is 1.63. The van der Waals surface area contributed by atoms with Gasteiger partial charge in [0.05, 0.1) is 30.1 Å². The molecule has 2 amide bonds. The maximum atomic E-state index is 15.2. The molecule has 2 atom stereocenters. The Morgan fingerprint density at radius 1 is 1.15 bits per heavy atom. The smallest absolute Gasteiger partial charge is 0.424 e. The van der Waals surface area contributed by atoms with E-state index in [1.165, 1.54) is 32.2 Å². The number of carbonyl (C=O) groups excluding carboxylic acids is 2. The van der Waals surface area contributed by atoms with Crippen LogP contribution in [0.1, 0.15) is 34.2 Å². The first-order valence-electron chi connectivity index (χ1n) is 13.3. The van der Waals surface area contributed by atoms with Crippen molar-refractivity contribution >= 4 is 45.9 Å². The third-order valence-corrected chi connectivity index (χ3v) is 8.53.